The second kappa shape index (κ2) is 7.67. The third-order valence-corrected chi connectivity index (χ3v) is 6.61. The highest BCUT2D eigenvalue weighted by Gasteiger charge is 2.25. The maximum absolute atomic E-state index is 13.5. The van der Waals surface area contributed by atoms with E-state index >= 15 is 0 Å². The smallest absolute Gasteiger partial charge is 0.214 e. The topological polar surface area (TPSA) is 34.4 Å². The summed E-state index contributed by atoms with van der Waals surface area (Å²) < 4.78 is 2.87. The van der Waals surface area contributed by atoms with Gasteiger partial charge in [0.1, 0.15) is 5.69 Å². The Morgan fingerprint density at radius 2 is 1.60 bits per heavy atom. The van der Waals surface area contributed by atoms with E-state index in [1.165, 1.54) is 5.56 Å². The van der Waals surface area contributed by atoms with Gasteiger partial charge in [-0.05, 0) is 24.6 Å². The van der Waals surface area contributed by atoms with E-state index in [-0.39, 0.29) is 5.78 Å². The number of rotatable bonds is 4. The van der Waals surface area contributed by atoms with Crippen LogP contribution in [0.4, 0.5) is 0 Å². The van der Waals surface area contributed by atoms with Crippen LogP contribution in [0.5, 0.6) is 0 Å². The van der Waals surface area contributed by atoms with Gasteiger partial charge in [-0.25, -0.2) is 4.98 Å². The zero-order chi connectivity index (χ0) is 20.7. The van der Waals surface area contributed by atoms with E-state index in [0.717, 1.165) is 31.9 Å². The molecule has 0 saturated carbocycles. The molecule has 3 nitrogen and oxygen atoms in total. The molecule has 30 heavy (non-hydrogen) atoms. The van der Waals surface area contributed by atoms with Crippen LogP contribution in [0, 0.1) is 6.92 Å². The van der Waals surface area contributed by atoms with Crippen molar-refractivity contribution in [3.05, 3.63) is 106 Å². The number of carbonyl (C=O) groups excluding carboxylic acids is 1. The van der Waals surface area contributed by atoms with Gasteiger partial charge in [0.2, 0.25) is 5.78 Å². The number of ketones is 1. The number of thiazole rings is 1. The Bertz CT molecular complexity index is 1370. The number of hydrogen-bond donors (Lipinski definition) is 0. The SMILES string of the molecule is Cc1ccc(-c2c(C(=O)c3ccccc3Br)nc3scc(-c4ccccc4)n23)cc1. The molecule has 0 spiro atoms. The molecule has 2 heterocycles. The fourth-order valence-electron chi connectivity index (χ4n) is 3.58. The number of aromatic nitrogens is 2. The molecule has 0 bridgehead atoms. The molecule has 0 aliphatic rings. The number of hydrogen-bond acceptors (Lipinski definition) is 3. The maximum atomic E-state index is 13.5. The van der Waals surface area contributed by atoms with Crippen molar-refractivity contribution in [1.82, 2.24) is 9.38 Å². The van der Waals surface area contributed by atoms with Gasteiger partial charge in [-0.15, -0.1) is 11.3 Å². The first kappa shape index (κ1) is 19.0. The van der Waals surface area contributed by atoms with Crippen LogP contribution in [0.15, 0.2) is 88.7 Å². The lowest BCUT2D eigenvalue weighted by atomic mass is 10.0. The summed E-state index contributed by atoms with van der Waals surface area (Å²) in [7, 11) is 0. The van der Waals surface area contributed by atoms with Crippen LogP contribution >= 0.6 is 27.3 Å². The zero-order valence-electron chi connectivity index (χ0n) is 16.2. The van der Waals surface area contributed by atoms with Gasteiger partial charge in [0.05, 0.1) is 11.4 Å². The molecule has 0 unspecified atom stereocenters. The fraction of sp³-hybridized carbons (Fsp3) is 0.0400. The Labute approximate surface area is 186 Å². The Morgan fingerprint density at radius 1 is 0.900 bits per heavy atom. The molecule has 0 atom stereocenters. The summed E-state index contributed by atoms with van der Waals surface area (Å²) in [4.78, 5) is 19.1. The second-order valence-electron chi connectivity index (χ2n) is 7.09. The third kappa shape index (κ3) is 3.20. The van der Waals surface area contributed by atoms with Gasteiger partial charge in [0.15, 0.2) is 4.96 Å². The molecular formula is C25H17BrN2OS. The van der Waals surface area contributed by atoms with E-state index in [0.29, 0.717) is 11.3 Å². The van der Waals surface area contributed by atoms with E-state index in [9.17, 15) is 4.79 Å². The van der Waals surface area contributed by atoms with Crippen LogP contribution in [0.3, 0.4) is 0 Å². The van der Waals surface area contributed by atoms with Gasteiger partial charge in [0, 0.05) is 21.0 Å². The van der Waals surface area contributed by atoms with Gasteiger partial charge in [-0.1, -0.05) is 88.2 Å². The average molecular weight is 473 g/mol. The average Bonchev–Trinajstić information content (AvgIpc) is 3.34. The lowest BCUT2D eigenvalue weighted by Crippen LogP contribution is -2.05. The zero-order valence-corrected chi connectivity index (χ0v) is 18.6. The lowest BCUT2D eigenvalue weighted by molar-refractivity contribution is 0.103. The first-order valence-corrected chi connectivity index (χ1v) is 11.2. The molecule has 3 aromatic carbocycles. The highest BCUT2D eigenvalue weighted by atomic mass is 79.9. The van der Waals surface area contributed by atoms with Crippen molar-refractivity contribution >= 4 is 38.0 Å². The number of aryl methyl sites for hydroxylation is 1. The summed E-state index contributed by atoms with van der Waals surface area (Å²) in [5, 5.41) is 2.10. The van der Waals surface area contributed by atoms with E-state index in [1.54, 1.807) is 11.3 Å². The van der Waals surface area contributed by atoms with E-state index < -0.39 is 0 Å². The summed E-state index contributed by atoms with van der Waals surface area (Å²) >= 11 is 5.06. The molecule has 5 aromatic rings. The van der Waals surface area contributed by atoms with Crippen molar-refractivity contribution in [3.63, 3.8) is 0 Å². The van der Waals surface area contributed by atoms with Crippen molar-refractivity contribution in [2.24, 2.45) is 0 Å². The standard InChI is InChI=1S/C25H17BrN2OS/c1-16-11-13-18(14-12-16)23-22(24(29)19-9-5-6-10-20(19)26)27-25-28(23)21(15-30-25)17-7-3-2-4-8-17/h2-15H,1H3. The minimum absolute atomic E-state index is 0.0899. The summed E-state index contributed by atoms with van der Waals surface area (Å²) in [5.41, 5.74) is 6.17. The molecule has 0 fully saturated rings. The molecule has 5 heteroatoms. The highest BCUT2D eigenvalue weighted by Crippen LogP contribution is 2.35. The normalized spacial score (nSPS) is 11.1. The van der Waals surface area contributed by atoms with Crippen LogP contribution in [0.2, 0.25) is 0 Å². The Morgan fingerprint density at radius 3 is 2.33 bits per heavy atom. The molecule has 0 aliphatic heterocycles. The molecular weight excluding hydrogens is 456 g/mol. The maximum Gasteiger partial charge on any atom is 0.214 e. The van der Waals surface area contributed by atoms with E-state index in [2.05, 4.69) is 69.0 Å². The summed E-state index contributed by atoms with van der Waals surface area (Å²) in [6.45, 7) is 2.06. The number of nitrogens with zero attached hydrogens (tertiary/aromatic N) is 2. The van der Waals surface area contributed by atoms with Gasteiger partial charge < -0.3 is 0 Å². The number of imidazole rings is 1. The van der Waals surface area contributed by atoms with Crippen LogP contribution < -0.4 is 0 Å². The van der Waals surface area contributed by atoms with Crippen LogP contribution in [0.1, 0.15) is 21.6 Å². The number of carbonyl (C=O) groups is 1. The quantitative estimate of drug-likeness (QED) is 0.263. The molecule has 0 N–H and O–H groups in total. The number of fused-ring (bicyclic) bond motifs is 1. The predicted octanol–water partition coefficient (Wildman–Crippen LogP) is 7.03. The third-order valence-electron chi connectivity index (χ3n) is 5.09. The van der Waals surface area contributed by atoms with Gasteiger partial charge in [0.25, 0.3) is 0 Å². The minimum atomic E-state index is -0.0899. The van der Waals surface area contributed by atoms with Crippen molar-refractivity contribution in [1.29, 1.82) is 0 Å². The largest absolute Gasteiger partial charge is 0.287 e. The Hall–Kier alpha value is -3.02. The van der Waals surface area contributed by atoms with Crippen LogP contribution in [-0.2, 0) is 0 Å². The van der Waals surface area contributed by atoms with Gasteiger partial charge in [-0.2, -0.15) is 0 Å². The minimum Gasteiger partial charge on any atom is -0.287 e. The van der Waals surface area contributed by atoms with Crippen LogP contribution in [-0.4, -0.2) is 15.2 Å². The van der Waals surface area contributed by atoms with Gasteiger partial charge >= 0.3 is 0 Å². The first-order valence-electron chi connectivity index (χ1n) is 9.55. The highest BCUT2D eigenvalue weighted by molar-refractivity contribution is 9.10. The summed E-state index contributed by atoms with van der Waals surface area (Å²) in [6.07, 6.45) is 0. The van der Waals surface area contributed by atoms with Crippen molar-refractivity contribution in [2.45, 2.75) is 6.92 Å². The summed E-state index contributed by atoms with van der Waals surface area (Å²) in [5.74, 6) is -0.0899. The van der Waals surface area contributed by atoms with Crippen molar-refractivity contribution in [3.8, 4) is 22.5 Å². The monoisotopic (exact) mass is 472 g/mol. The molecule has 0 saturated heterocycles. The molecule has 5 rings (SSSR count). The number of halogens is 1. The van der Waals surface area contributed by atoms with Crippen LogP contribution in [0.25, 0.3) is 27.5 Å². The summed E-state index contributed by atoms with van der Waals surface area (Å²) in [6, 6.07) is 25.9. The Balaban J connectivity index is 1.80. The molecule has 2 aromatic heterocycles. The first-order chi connectivity index (χ1) is 14.6. The van der Waals surface area contributed by atoms with Gasteiger partial charge in [-0.3, -0.25) is 9.20 Å². The fourth-order valence-corrected chi connectivity index (χ4v) is 4.94. The van der Waals surface area contributed by atoms with E-state index in [1.807, 2.05) is 42.5 Å². The number of benzene rings is 3. The Kier molecular flexibility index (Phi) is 4.85. The molecule has 0 aliphatic carbocycles. The van der Waals surface area contributed by atoms with E-state index in [4.69, 9.17) is 4.98 Å². The molecule has 0 amide bonds. The molecule has 146 valence electrons. The predicted molar refractivity (Wildman–Crippen MR) is 126 cm³/mol. The molecule has 0 radical (unpaired) electrons. The lowest BCUT2D eigenvalue weighted by Gasteiger charge is -2.09. The van der Waals surface area contributed by atoms with Crippen molar-refractivity contribution in [2.75, 3.05) is 0 Å². The van der Waals surface area contributed by atoms with Crippen molar-refractivity contribution < 1.29 is 4.79 Å². The second-order valence-corrected chi connectivity index (χ2v) is 8.78.